The van der Waals surface area contributed by atoms with Gasteiger partial charge in [-0.1, -0.05) is 36.8 Å². The second-order valence-corrected chi connectivity index (χ2v) is 3.98. The summed E-state index contributed by atoms with van der Waals surface area (Å²) in [5.74, 6) is 0.205. The summed E-state index contributed by atoms with van der Waals surface area (Å²) < 4.78 is 0. The number of rotatable bonds is 3. The average molecular weight is 202 g/mol. The van der Waals surface area contributed by atoms with Crippen LogP contribution in [-0.2, 0) is 0 Å². The summed E-state index contributed by atoms with van der Waals surface area (Å²) in [7, 11) is 0. The van der Waals surface area contributed by atoms with Crippen molar-refractivity contribution in [3.05, 3.63) is 41.0 Å². The molecule has 0 unspecified atom stereocenters. The first-order valence-corrected chi connectivity index (χ1v) is 5.34. The molecule has 15 heavy (non-hydrogen) atoms. The van der Waals surface area contributed by atoms with Crippen LogP contribution in [0.4, 0.5) is 0 Å². The molecule has 0 atom stereocenters. The molecule has 0 amide bonds. The Morgan fingerprint density at radius 1 is 1.00 bits per heavy atom. The summed E-state index contributed by atoms with van der Waals surface area (Å²) in [6, 6.07) is 7.86. The molecular weight excluding hydrogens is 184 g/mol. The van der Waals surface area contributed by atoms with Crippen LogP contribution in [0.5, 0.6) is 0 Å². The lowest BCUT2D eigenvalue weighted by Crippen LogP contribution is -1.96. The Labute approximate surface area is 91.8 Å². The summed E-state index contributed by atoms with van der Waals surface area (Å²) >= 11 is 0. The number of hydrogen-bond donors (Lipinski definition) is 0. The molecule has 0 bridgehead atoms. The Balaban J connectivity index is 3.01. The number of benzene rings is 1. The standard InChI is InChI=1S/C14H18O/c1-5-14(15)13-8-6-12(7-9-13)11(4)10(2)3/h6-9H,5H2,1-4H3. The van der Waals surface area contributed by atoms with Gasteiger partial charge in [-0.05, 0) is 31.9 Å². The molecule has 0 saturated heterocycles. The number of ketones is 1. The predicted molar refractivity (Wildman–Crippen MR) is 65.0 cm³/mol. The van der Waals surface area contributed by atoms with Crippen molar-refractivity contribution in [1.82, 2.24) is 0 Å². The minimum atomic E-state index is 0.205. The highest BCUT2D eigenvalue weighted by Crippen LogP contribution is 2.18. The number of hydrogen-bond acceptors (Lipinski definition) is 1. The first kappa shape index (κ1) is 11.7. The van der Waals surface area contributed by atoms with E-state index in [1.165, 1.54) is 16.7 Å². The van der Waals surface area contributed by atoms with E-state index in [0.717, 1.165) is 5.56 Å². The molecule has 1 nitrogen and oxygen atoms in total. The van der Waals surface area contributed by atoms with E-state index in [1.807, 2.05) is 31.2 Å². The Hall–Kier alpha value is -1.37. The molecule has 0 heterocycles. The fourth-order valence-corrected chi connectivity index (χ4v) is 1.40. The zero-order valence-corrected chi connectivity index (χ0v) is 9.92. The van der Waals surface area contributed by atoms with Gasteiger partial charge >= 0.3 is 0 Å². The summed E-state index contributed by atoms with van der Waals surface area (Å²) in [5.41, 5.74) is 4.60. The molecule has 1 rings (SSSR count). The van der Waals surface area contributed by atoms with Crippen LogP contribution in [0.15, 0.2) is 29.8 Å². The minimum absolute atomic E-state index is 0.205. The van der Waals surface area contributed by atoms with Crippen LogP contribution in [0, 0.1) is 0 Å². The summed E-state index contributed by atoms with van der Waals surface area (Å²) in [6.07, 6.45) is 0.570. The highest BCUT2D eigenvalue weighted by molar-refractivity contribution is 5.96. The van der Waals surface area contributed by atoms with Crippen LogP contribution in [0.1, 0.15) is 50.0 Å². The van der Waals surface area contributed by atoms with Gasteiger partial charge in [0.05, 0.1) is 0 Å². The Bertz CT molecular complexity index is 378. The summed E-state index contributed by atoms with van der Waals surface area (Å²) in [4.78, 5) is 11.4. The SMILES string of the molecule is CCC(=O)c1ccc(C(C)=C(C)C)cc1. The van der Waals surface area contributed by atoms with Gasteiger partial charge in [0.25, 0.3) is 0 Å². The monoisotopic (exact) mass is 202 g/mol. The smallest absolute Gasteiger partial charge is 0.162 e. The molecule has 0 spiro atoms. The quantitative estimate of drug-likeness (QED) is 0.674. The van der Waals surface area contributed by atoms with Gasteiger partial charge in [0.2, 0.25) is 0 Å². The lowest BCUT2D eigenvalue weighted by molar-refractivity contribution is 0.0988. The summed E-state index contributed by atoms with van der Waals surface area (Å²) in [5, 5.41) is 0. The molecule has 0 aliphatic rings. The van der Waals surface area contributed by atoms with Gasteiger partial charge in [-0.3, -0.25) is 4.79 Å². The molecule has 0 aliphatic heterocycles. The van der Waals surface area contributed by atoms with Crippen molar-refractivity contribution in [3.8, 4) is 0 Å². The van der Waals surface area contributed by atoms with Crippen molar-refractivity contribution in [2.75, 3.05) is 0 Å². The maximum atomic E-state index is 11.4. The van der Waals surface area contributed by atoms with Crippen LogP contribution in [-0.4, -0.2) is 5.78 Å². The average Bonchev–Trinajstić information content (AvgIpc) is 2.27. The fourth-order valence-electron chi connectivity index (χ4n) is 1.40. The number of carbonyl (C=O) groups is 1. The van der Waals surface area contributed by atoms with E-state index >= 15 is 0 Å². The van der Waals surface area contributed by atoms with Gasteiger partial charge in [0, 0.05) is 12.0 Å². The summed E-state index contributed by atoms with van der Waals surface area (Å²) in [6.45, 7) is 8.18. The number of allylic oxidation sites excluding steroid dienone is 2. The third-order valence-electron chi connectivity index (χ3n) is 2.71. The van der Waals surface area contributed by atoms with Gasteiger partial charge in [0.15, 0.2) is 5.78 Å². The second kappa shape index (κ2) is 4.92. The van der Waals surface area contributed by atoms with Crippen molar-refractivity contribution in [1.29, 1.82) is 0 Å². The normalized spacial score (nSPS) is 9.87. The van der Waals surface area contributed by atoms with Gasteiger partial charge in [-0.2, -0.15) is 0 Å². The van der Waals surface area contributed by atoms with Crippen molar-refractivity contribution in [3.63, 3.8) is 0 Å². The molecule has 0 aliphatic carbocycles. The zero-order valence-electron chi connectivity index (χ0n) is 9.92. The molecule has 1 aromatic rings. The van der Waals surface area contributed by atoms with E-state index in [2.05, 4.69) is 20.8 Å². The van der Waals surface area contributed by atoms with Gasteiger partial charge < -0.3 is 0 Å². The third kappa shape index (κ3) is 2.79. The molecule has 1 heteroatoms. The molecule has 0 saturated carbocycles. The van der Waals surface area contributed by atoms with E-state index in [0.29, 0.717) is 6.42 Å². The lowest BCUT2D eigenvalue weighted by atomic mass is 10.0. The number of Topliss-reactive ketones (excluding diaryl/α,β-unsaturated/α-hetero) is 1. The highest BCUT2D eigenvalue weighted by atomic mass is 16.1. The molecule has 80 valence electrons. The third-order valence-corrected chi connectivity index (χ3v) is 2.71. The van der Waals surface area contributed by atoms with Crippen LogP contribution >= 0.6 is 0 Å². The maximum absolute atomic E-state index is 11.4. The molecule has 0 aromatic heterocycles. The first-order valence-electron chi connectivity index (χ1n) is 5.34. The Morgan fingerprint density at radius 3 is 1.87 bits per heavy atom. The highest BCUT2D eigenvalue weighted by Gasteiger charge is 2.03. The van der Waals surface area contributed by atoms with Crippen molar-refractivity contribution in [2.24, 2.45) is 0 Å². The topological polar surface area (TPSA) is 17.1 Å². The fraction of sp³-hybridized carbons (Fsp3) is 0.357. The lowest BCUT2D eigenvalue weighted by Gasteiger charge is -2.05. The molecule has 0 fully saturated rings. The first-order chi connectivity index (χ1) is 7.06. The predicted octanol–water partition coefficient (Wildman–Crippen LogP) is 4.09. The van der Waals surface area contributed by atoms with E-state index in [-0.39, 0.29) is 5.78 Å². The van der Waals surface area contributed by atoms with Crippen molar-refractivity contribution >= 4 is 11.4 Å². The molecular formula is C14H18O. The van der Waals surface area contributed by atoms with Crippen LogP contribution < -0.4 is 0 Å². The van der Waals surface area contributed by atoms with E-state index in [1.54, 1.807) is 0 Å². The van der Waals surface area contributed by atoms with Crippen LogP contribution in [0.25, 0.3) is 5.57 Å². The van der Waals surface area contributed by atoms with Gasteiger partial charge in [-0.25, -0.2) is 0 Å². The molecule has 0 N–H and O–H groups in total. The maximum Gasteiger partial charge on any atom is 0.162 e. The second-order valence-electron chi connectivity index (χ2n) is 3.98. The zero-order chi connectivity index (χ0) is 11.4. The number of carbonyl (C=O) groups excluding carboxylic acids is 1. The van der Waals surface area contributed by atoms with Gasteiger partial charge in [0.1, 0.15) is 0 Å². The molecule has 1 aromatic carbocycles. The Kier molecular flexibility index (Phi) is 3.84. The van der Waals surface area contributed by atoms with Gasteiger partial charge in [-0.15, -0.1) is 0 Å². The Morgan fingerprint density at radius 2 is 1.47 bits per heavy atom. The molecule has 0 radical (unpaired) electrons. The van der Waals surface area contributed by atoms with E-state index < -0.39 is 0 Å². The minimum Gasteiger partial charge on any atom is -0.294 e. The largest absolute Gasteiger partial charge is 0.294 e. The van der Waals surface area contributed by atoms with E-state index in [9.17, 15) is 4.79 Å². The van der Waals surface area contributed by atoms with Crippen LogP contribution in [0.3, 0.4) is 0 Å². The van der Waals surface area contributed by atoms with Crippen molar-refractivity contribution < 1.29 is 4.79 Å². The van der Waals surface area contributed by atoms with Crippen LogP contribution in [0.2, 0.25) is 0 Å². The van der Waals surface area contributed by atoms with Crippen molar-refractivity contribution in [2.45, 2.75) is 34.1 Å². The van der Waals surface area contributed by atoms with E-state index in [4.69, 9.17) is 0 Å².